The van der Waals surface area contributed by atoms with Crippen LogP contribution < -0.4 is 10.1 Å². The molecular formula is C20H22N4O5S. The number of amides is 1. The lowest BCUT2D eigenvalue weighted by atomic mass is 10.2. The van der Waals surface area contributed by atoms with Gasteiger partial charge in [-0.1, -0.05) is 5.10 Å². The van der Waals surface area contributed by atoms with E-state index in [2.05, 4.69) is 15.5 Å². The molecule has 0 spiro atoms. The number of anilines is 1. The molecule has 0 aliphatic rings. The van der Waals surface area contributed by atoms with Gasteiger partial charge in [-0.3, -0.25) is 10.1 Å². The molecule has 1 amide bonds. The normalized spacial score (nSPS) is 11.7. The summed E-state index contributed by atoms with van der Waals surface area (Å²) >= 11 is 0. The molecule has 9 nitrogen and oxygen atoms in total. The van der Waals surface area contributed by atoms with Crippen LogP contribution in [0.2, 0.25) is 0 Å². The maximum absolute atomic E-state index is 12.5. The van der Waals surface area contributed by atoms with Gasteiger partial charge < -0.3 is 9.15 Å². The van der Waals surface area contributed by atoms with E-state index in [1.165, 1.54) is 35.6 Å². The summed E-state index contributed by atoms with van der Waals surface area (Å²) in [6.07, 6.45) is 0. The number of ether oxygens (including phenoxy) is 1. The molecule has 0 fully saturated rings. The average molecular weight is 430 g/mol. The fraction of sp³-hybridized carbons (Fsp3) is 0.250. The van der Waals surface area contributed by atoms with Crippen LogP contribution in [-0.4, -0.2) is 49.0 Å². The first-order valence-electron chi connectivity index (χ1n) is 9.09. The zero-order chi connectivity index (χ0) is 21.9. The van der Waals surface area contributed by atoms with Gasteiger partial charge in [-0.2, -0.15) is 4.31 Å². The van der Waals surface area contributed by atoms with E-state index in [9.17, 15) is 13.2 Å². The van der Waals surface area contributed by atoms with Crippen LogP contribution in [0.4, 0.5) is 6.01 Å². The van der Waals surface area contributed by atoms with E-state index in [0.29, 0.717) is 11.3 Å². The molecule has 30 heavy (non-hydrogen) atoms. The monoisotopic (exact) mass is 430 g/mol. The maximum atomic E-state index is 12.5. The quantitative estimate of drug-likeness (QED) is 0.613. The standard InChI is InChI=1S/C20H22N4O5S/c1-13(2)24(3)30(26,27)17-11-7-14(8-12-17)18(25)21-20-23-22-19(29-20)15-5-9-16(28-4)10-6-15/h5-13H,1-4H3,(H,21,23,25). The lowest BCUT2D eigenvalue weighted by molar-refractivity contribution is 0.102. The second-order valence-electron chi connectivity index (χ2n) is 6.73. The summed E-state index contributed by atoms with van der Waals surface area (Å²) in [6.45, 7) is 3.56. The molecule has 1 aromatic heterocycles. The molecule has 0 saturated carbocycles. The van der Waals surface area contributed by atoms with Crippen LogP contribution in [0.3, 0.4) is 0 Å². The second kappa shape index (κ2) is 8.64. The minimum atomic E-state index is -3.62. The highest BCUT2D eigenvalue weighted by Crippen LogP contribution is 2.23. The van der Waals surface area contributed by atoms with E-state index < -0.39 is 15.9 Å². The number of hydrogen-bond acceptors (Lipinski definition) is 7. The molecular weight excluding hydrogens is 408 g/mol. The third-order valence-electron chi connectivity index (χ3n) is 4.50. The van der Waals surface area contributed by atoms with Crippen molar-refractivity contribution in [1.82, 2.24) is 14.5 Å². The Morgan fingerprint density at radius 2 is 1.70 bits per heavy atom. The minimum Gasteiger partial charge on any atom is -0.497 e. The maximum Gasteiger partial charge on any atom is 0.322 e. The SMILES string of the molecule is COc1ccc(-c2nnc(NC(=O)c3ccc(S(=O)(=O)N(C)C(C)C)cc3)o2)cc1. The van der Waals surface area contributed by atoms with Crippen LogP contribution in [0, 0.1) is 0 Å². The number of carbonyl (C=O) groups is 1. The van der Waals surface area contributed by atoms with Gasteiger partial charge in [0.05, 0.1) is 12.0 Å². The van der Waals surface area contributed by atoms with Crippen LogP contribution in [0.5, 0.6) is 5.75 Å². The van der Waals surface area contributed by atoms with Crippen molar-refractivity contribution in [3.8, 4) is 17.2 Å². The summed E-state index contributed by atoms with van der Waals surface area (Å²) in [4.78, 5) is 12.5. The molecule has 0 aliphatic heterocycles. The van der Waals surface area contributed by atoms with Crippen molar-refractivity contribution >= 4 is 21.9 Å². The van der Waals surface area contributed by atoms with Gasteiger partial charge in [0.15, 0.2) is 0 Å². The van der Waals surface area contributed by atoms with E-state index in [-0.39, 0.29) is 28.4 Å². The molecule has 1 N–H and O–H groups in total. The Bertz CT molecular complexity index is 1120. The zero-order valence-corrected chi connectivity index (χ0v) is 17.8. The van der Waals surface area contributed by atoms with Gasteiger partial charge in [0.25, 0.3) is 5.91 Å². The molecule has 0 unspecified atom stereocenters. The number of sulfonamides is 1. The Morgan fingerprint density at radius 3 is 2.27 bits per heavy atom. The first kappa shape index (κ1) is 21.5. The summed E-state index contributed by atoms with van der Waals surface area (Å²) < 4.78 is 36.9. The zero-order valence-electron chi connectivity index (χ0n) is 17.0. The van der Waals surface area contributed by atoms with Crippen molar-refractivity contribution in [2.24, 2.45) is 0 Å². The second-order valence-corrected chi connectivity index (χ2v) is 8.73. The van der Waals surface area contributed by atoms with E-state index >= 15 is 0 Å². The van der Waals surface area contributed by atoms with Gasteiger partial charge in [0.2, 0.25) is 15.9 Å². The summed E-state index contributed by atoms with van der Waals surface area (Å²) in [6, 6.07) is 12.4. The van der Waals surface area contributed by atoms with E-state index in [4.69, 9.17) is 9.15 Å². The van der Waals surface area contributed by atoms with Crippen LogP contribution in [0.15, 0.2) is 57.8 Å². The molecule has 10 heteroatoms. The predicted octanol–water partition coefficient (Wildman–Crippen LogP) is 3.03. The third-order valence-corrected chi connectivity index (χ3v) is 6.55. The van der Waals surface area contributed by atoms with Crippen molar-refractivity contribution in [2.45, 2.75) is 24.8 Å². The molecule has 3 aromatic rings. The summed E-state index contributed by atoms with van der Waals surface area (Å²) in [5.74, 6) is 0.434. The Balaban J connectivity index is 1.71. The largest absolute Gasteiger partial charge is 0.497 e. The van der Waals surface area contributed by atoms with Gasteiger partial charge in [-0.05, 0) is 62.4 Å². The van der Waals surface area contributed by atoms with E-state index in [0.717, 1.165) is 0 Å². The van der Waals surface area contributed by atoms with Gasteiger partial charge in [0.1, 0.15) is 5.75 Å². The number of aromatic nitrogens is 2. The molecule has 0 atom stereocenters. The highest BCUT2D eigenvalue weighted by Gasteiger charge is 2.23. The smallest absolute Gasteiger partial charge is 0.322 e. The van der Waals surface area contributed by atoms with Crippen molar-refractivity contribution < 1.29 is 22.4 Å². The van der Waals surface area contributed by atoms with Crippen LogP contribution >= 0.6 is 0 Å². The van der Waals surface area contributed by atoms with Crippen molar-refractivity contribution in [1.29, 1.82) is 0 Å². The van der Waals surface area contributed by atoms with Gasteiger partial charge in [-0.15, -0.1) is 5.10 Å². The van der Waals surface area contributed by atoms with Crippen molar-refractivity contribution in [3.05, 3.63) is 54.1 Å². The summed E-state index contributed by atoms with van der Waals surface area (Å²) in [7, 11) is -0.540. The van der Waals surface area contributed by atoms with E-state index in [1.54, 1.807) is 45.2 Å². The Hall–Kier alpha value is -3.24. The van der Waals surface area contributed by atoms with Crippen LogP contribution in [-0.2, 0) is 10.0 Å². The van der Waals surface area contributed by atoms with Crippen molar-refractivity contribution in [3.63, 3.8) is 0 Å². The highest BCUT2D eigenvalue weighted by atomic mass is 32.2. The first-order valence-corrected chi connectivity index (χ1v) is 10.5. The lowest BCUT2D eigenvalue weighted by Crippen LogP contribution is -2.33. The Labute approximate surface area is 174 Å². The van der Waals surface area contributed by atoms with Gasteiger partial charge in [0, 0.05) is 24.2 Å². The Kier molecular flexibility index (Phi) is 6.18. The molecule has 158 valence electrons. The Morgan fingerprint density at radius 1 is 1.07 bits per heavy atom. The summed E-state index contributed by atoms with van der Waals surface area (Å²) in [5, 5.41) is 10.2. The van der Waals surface area contributed by atoms with Crippen LogP contribution in [0.25, 0.3) is 11.5 Å². The molecule has 0 bridgehead atoms. The molecule has 3 rings (SSSR count). The van der Waals surface area contributed by atoms with Gasteiger partial charge in [-0.25, -0.2) is 8.42 Å². The third kappa shape index (κ3) is 4.50. The number of nitrogens with one attached hydrogen (secondary N) is 1. The predicted molar refractivity (Wildman–Crippen MR) is 111 cm³/mol. The van der Waals surface area contributed by atoms with Crippen LogP contribution in [0.1, 0.15) is 24.2 Å². The molecule has 1 heterocycles. The number of hydrogen-bond donors (Lipinski definition) is 1. The average Bonchev–Trinajstić information content (AvgIpc) is 3.21. The van der Waals surface area contributed by atoms with E-state index in [1.807, 2.05) is 0 Å². The fourth-order valence-corrected chi connectivity index (χ4v) is 3.88. The molecule has 0 radical (unpaired) electrons. The molecule has 2 aromatic carbocycles. The highest BCUT2D eigenvalue weighted by molar-refractivity contribution is 7.89. The van der Waals surface area contributed by atoms with Gasteiger partial charge >= 0.3 is 6.01 Å². The van der Waals surface area contributed by atoms with Crippen molar-refractivity contribution in [2.75, 3.05) is 19.5 Å². The minimum absolute atomic E-state index is 0.0675. The molecule has 0 saturated heterocycles. The first-order chi connectivity index (χ1) is 14.2. The fourth-order valence-electron chi connectivity index (χ4n) is 2.52. The number of carbonyl (C=O) groups excluding carboxylic acids is 1. The number of nitrogens with zero attached hydrogens (tertiary/aromatic N) is 3. The topological polar surface area (TPSA) is 115 Å². The molecule has 0 aliphatic carbocycles. The summed E-state index contributed by atoms with van der Waals surface area (Å²) in [5.41, 5.74) is 0.929. The number of rotatable bonds is 7. The number of benzene rings is 2. The lowest BCUT2D eigenvalue weighted by Gasteiger charge is -2.20. The number of methoxy groups -OCH3 is 1.